The molecule has 0 spiro atoms. The van der Waals surface area contributed by atoms with Gasteiger partial charge >= 0.3 is 12.1 Å². The van der Waals surface area contributed by atoms with Crippen LogP contribution in [0.1, 0.15) is 62.3 Å². The van der Waals surface area contributed by atoms with E-state index in [1.165, 1.54) is 4.68 Å². The molecule has 128 valence electrons. The van der Waals surface area contributed by atoms with Crippen LogP contribution >= 0.6 is 0 Å². The van der Waals surface area contributed by atoms with Crippen molar-refractivity contribution in [1.29, 1.82) is 0 Å². The molecule has 0 N–H and O–H groups in total. The SMILES string of the molecule is CCOC(=O)c1c2c(nn1C)[C@@H](C)CN(C(=O)OC(C)(C)C)C2. The fourth-order valence-corrected chi connectivity index (χ4v) is 2.73. The Morgan fingerprint density at radius 1 is 1.35 bits per heavy atom. The van der Waals surface area contributed by atoms with Crippen molar-refractivity contribution in [3.8, 4) is 0 Å². The number of rotatable bonds is 2. The third-order valence-corrected chi connectivity index (χ3v) is 3.61. The van der Waals surface area contributed by atoms with Gasteiger partial charge in [0.15, 0.2) is 5.69 Å². The van der Waals surface area contributed by atoms with E-state index in [9.17, 15) is 9.59 Å². The van der Waals surface area contributed by atoms with E-state index in [1.807, 2.05) is 27.7 Å². The monoisotopic (exact) mass is 323 g/mol. The first-order chi connectivity index (χ1) is 10.6. The number of aromatic nitrogens is 2. The number of aryl methyl sites for hydroxylation is 1. The van der Waals surface area contributed by atoms with Crippen LogP contribution in [-0.4, -0.2) is 45.5 Å². The van der Waals surface area contributed by atoms with E-state index in [4.69, 9.17) is 9.47 Å². The standard InChI is InChI=1S/C16H25N3O4/c1-7-22-14(20)13-11-9-19(15(21)23-16(3,4)5)8-10(2)12(11)17-18(13)6/h10H,7-9H2,1-6H3/t10-/m0/s1. The largest absolute Gasteiger partial charge is 0.461 e. The van der Waals surface area contributed by atoms with Gasteiger partial charge in [0.1, 0.15) is 5.60 Å². The van der Waals surface area contributed by atoms with Gasteiger partial charge in [0, 0.05) is 25.1 Å². The maximum Gasteiger partial charge on any atom is 0.410 e. The maximum atomic E-state index is 12.3. The highest BCUT2D eigenvalue weighted by molar-refractivity contribution is 5.90. The van der Waals surface area contributed by atoms with E-state index in [-0.39, 0.29) is 12.0 Å². The third-order valence-electron chi connectivity index (χ3n) is 3.61. The third kappa shape index (κ3) is 3.65. The Kier molecular flexibility index (Phi) is 4.68. The molecular formula is C16H25N3O4. The van der Waals surface area contributed by atoms with Gasteiger partial charge in [-0.2, -0.15) is 5.10 Å². The Bertz CT molecular complexity index is 616. The predicted octanol–water partition coefficient (Wildman–Crippen LogP) is 2.45. The Labute approximate surface area is 136 Å². The number of amides is 1. The molecule has 0 aliphatic carbocycles. The Morgan fingerprint density at radius 3 is 2.57 bits per heavy atom. The summed E-state index contributed by atoms with van der Waals surface area (Å²) in [4.78, 5) is 26.1. The Hall–Kier alpha value is -2.05. The highest BCUT2D eigenvalue weighted by Gasteiger charge is 2.35. The molecule has 0 saturated carbocycles. The van der Waals surface area contributed by atoms with Gasteiger partial charge in [0.05, 0.1) is 18.8 Å². The number of carbonyl (C=O) groups is 2. The lowest BCUT2D eigenvalue weighted by molar-refractivity contribution is 0.0204. The predicted molar refractivity (Wildman–Crippen MR) is 84.2 cm³/mol. The van der Waals surface area contributed by atoms with Gasteiger partial charge in [-0.15, -0.1) is 0 Å². The van der Waals surface area contributed by atoms with Crippen molar-refractivity contribution in [2.75, 3.05) is 13.2 Å². The lowest BCUT2D eigenvalue weighted by Gasteiger charge is -2.32. The molecule has 0 bridgehead atoms. The molecule has 1 aliphatic heterocycles. The van der Waals surface area contributed by atoms with Gasteiger partial charge in [-0.05, 0) is 27.7 Å². The van der Waals surface area contributed by atoms with Crippen molar-refractivity contribution in [3.05, 3.63) is 17.0 Å². The summed E-state index contributed by atoms with van der Waals surface area (Å²) in [7, 11) is 1.72. The van der Waals surface area contributed by atoms with Crippen LogP contribution in [0.2, 0.25) is 0 Å². The highest BCUT2D eigenvalue weighted by Crippen LogP contribution is 2.30. The van der Waals surface area contributed by atoms with Gasteiger partial charge in [-0.3, -0.25) is 4.68 Å². The molecule has 1 amide bonds. The van der Waals surface area contributed by atoms with E-state index in [0.717, 1.165) is 11.3 Å². The van der Waals surface area contributed by atoms with Crippen molar-refractivity contribution < 1.29 is 19.1 Å². The van der Waals surface area contributed by atoms with E-state index >= 15 is 0 Å². The lowest BCUT2D eigenvalue weighted by atomic mass is 9.97. The molecule has 1 aliphatic rings. The van der Waals surface area contributed by atoms with Crippen molar-refractivity contribution >= 4 is 12.1 Å². The first-order valence-electron chi connectivity index (χ1n) is 7.84. The number of ether oxygens (including phenoxy) is 2. The second kappa shape index (κ2) is 6.22. The van der Waals surface area contributed by atoms with Crippen molar-refractivity contribution in [3.63, 3.8) is 0 Å². The molecule has 1 atom stereocenters. The lowest BCUT2D eigenvalue weighted by Crippen LogP contribution is -2.41. The fraction of sp³-hybridized carbons (Fsp3) is 0.688. The zero-order valence-corrected chi connectivity index (χ0v) is 14.7. The second-order valence-electron chi connectivity index (χ2n) is 6.82. The summed E-state index contributed by atoms with van der Waals surface area (Å²) in [5, 5.41) is 4.44. The molecule has 1 aromatic rings. The number of nitrogens with zero attached hydrogens (tertiary/aromatic N) is 3. The fourth-order valence-electron chi connectivity index (χ4n) is 2.73. The minimum Gasteiger partial charge on any atom is -0.461 e. The average Bonchev–Trinajstić information content (AvgIpc) is 2.74. The Balaban J connectivity index is 2.31. The summed E-state index contributed by atoms with van der Waals surface area (Å²) in [5.41, 5.74) is 1.44. The quantitative estimate of drug-likeness (QED) is 0.782. The van der Waals surface area contributed by atoms with E-state index in [2.05, 4.69) is 5.10 Å². The van der Waals surface area contributed by atoms with Crippen molar-refractivity contribution in [1.82, 2.24) is 14.7 Å². The van der Waals surface area contributed by atoms with Crippen molar-refractivity contribution in [2.24, 2.45) is 7.05 Å². The molecule has 0 saturated heterocycles. The summed E-state index contributed by atoms with van der Waals surface area (Å²) in [6, 6.07) is 0. The van der Waals surface area contributed by atoms with Crippen LogP contribution in [0.3, 0.4) is 0 Å². The molecule has 0 aromatic carbocycles. The number of hydrogen-bond donors (Lipinski definition) is 0. The molecule has 2 heterocycles. The minimum absolute atomic E-state index is 0.0284. The summed E-state index contributed by atoms with van der Waals surface area (Å²) in [6.45, 7) is 10.4. The summed E-state index contributed by atoms with van der Waals surface area (Å²) >= 11 is 0. The van der Waals surface area contributed by atoms with Crippen LogP contribution in [0, 0.1) is 0 Å². The first-order valence-corrected chi connectivity index (χ1v) is 7.84. The summed E-state index contributed by atoms with van der Waals surface area (Å²) in [6.07, 6.45) is -0.381. The summed E-state index contributed by atoms with van der Waals surface area (Å²) in [5.74, 6) is -0.386. The zero-order valence-electron chi connectivity index (χ0n) is 14.7. The Morgan fingerprint density at radius 2 is 2.00 bits per heavy atom. The molecule has 0 fully saturated rings. The average molecular weight is 323 g/mol. The van der Waals surface area contributed by atoms with E-state index in [0.29, 0.717) is 25.4 Å². The zero-order chi connectivity index (χ0) is 17.4. The van der Waals surface area contributed by atoms with Gasteiger partial charge in [0.25, 0.3) is 0 Å². The first kappa shape index (κ1) is 17.3. The number of esters is 1. The normalized spacial score (nSPS) is 17.7. The van der Waals surface area contributed by atoms with Gasteiger partial charge in [-0.1, -0.05) is 6.92 Å². The van der Waals surface area contributed by atoms with Crippen molar-refractivity contribution in [2.45, 2.75) is 52.7 Å². The molecule has 7 nitrogen and oxygen atoms in total. The van der Waals surface area contributed by atoms with Gasteiger partial charge < -0.3 is 14.4 Å². The number of carbonyl (C=O) groups excluding carboxylic acids is 2. The maximum absolute atomic E-state index is 12.3. The number of fused-ring (bicyclic) bond motifs is 1. The topological polar surface area (TPSA) is 73.7 Å². The smallest absolute Gasteiger partial charge is 0.410 e. The molecule has 0 radical (unpaired) electrons. The molecule has 2 rings (SSSR count). The minimum atomic E-state index is -0.556. The van der Waals surface area contributed by atoms with Crippen LogP contribution in [0.15, 0.2) is 0 Å². The van der Waals surface area contributed by atoms with Gasteiger partial charge in [0.2, 0.25) is 0 Å². The molecule has 23 heavy (non-hydrogen) atoms. The molecule has 1 aromatic heterocycles. The molecule has 0 unspecified atom stereocenters. The van der Waals surface area contributed by atoms with Crippen LogP contribution in [-0.2, 0) is 23.1 Å². The summed E-state index contributed by atoms with van der Waals surface area (Å²) < 4.78 is 12.1. The van der Waals surface area contributed by atoms with Crippen LogP contribution in [0.25, 0.3) is 0 Å². The van der Waals surface area contributed by atoms with E-state index in [1.54, 1.807) is 18.9 Å². The second-order valence-corrected chi connectivity index (χ2v) is 6.82. The van der Waals surface area contributed by atoms with E-state index < -0.39 is 11.6 Å². The molecule has 7 heteroatoms. The van der Waals surface area contributed by atoms with Crippen LogP contribution in [0.5, 0.6) is 0 Å². The number of hydrogen-bond acceptors (Lipinski definition) is 5. The molecular weight excluding hydrogens is 298 g/mol. The highest BCUT2D eigenvalue weighted by atomic mass is 16.6. The van der Waals surface area contributed by atoms with Crippen LogP contribution < -0.4 is 0 Å². The van der Waals surface area contributed by atoms with Gasteiger partial charge in [-0.25, -0.2) is 9.59 Å². The van der Waals surface area contributed by atoms with Crippen LogP contribution in [0.4, 0.5) is 4.79 Å².